The van der Waals surface area contributed by atoms with Crippen LogP contribution in [0.5, 0.6) is 5.75 Å². The first-order valence-electron chi connectivity index (χ1n) is 7.25. The fourth-order valence-electron chi connectivity index (χ4n) is 3.03. The number of hydrogen-bond donors (Lipinski definition) is 2. The predicted octanol–water partition coefficient (Wildman–Crippen LogP) is 1.69. The van der Waals surface area contributed by atoms with Crippen molar-refractivity contribution in [2.45, 2.75) is 37.6 Å². The number of aromatic amines is 1. The smallest absolute Gasteiger partial charge is 0.348 e. The van der Waals surface area contributed by atoms with E-state index in [9.17, 15) is 4.79 Å². The van der Waals surface area contributed by atoms with Crippen LogP contribution in [0.3, 0.4) is 0 Å². The maximum Gasteiger partial charge on any atom is 0.348 e. The first-order chi connectivity index (χ1) is 10.1. The molecule has 3 rings (SSSR count). The van der Waals surface area contributed by atoms with Crippen molar-refractivity contribution in [3.8, 4) is 11.4 Å². The summed E-state index contributed by atoms with van der Waals surface area (Å²) in [5, 5.41) is 6.73. The van der Waals surface area contributed by atoms with Gasteiger partial charge < -0.3 is 10.5 Å². The Morgan fingerprint density at radius 3 is 2.81 bits per heavy atom. The molecule has 0 bridgehead atoms. The molecule has 0 radical (unpaired) electrons. The molecule has 112 valence electrons. The standard InChI is InChI=1S/C15H20N4O2/c1-21-12-7-5-6-11(10-12)19-13(17-18-14(19)20)15(16)8-3-2-4-9-15/h5-7,10H,2-4,8-9,16H2,1H3,(H,18,20). The van der Waals surface area contributed by atoms with E-state index in [1.807, 2.05) is 24.3 Å². The second kappa shape index (κ2) is 5.37. The molecule has 1 aliphatic rings. The van der Waals surface area contributed by atoms with Gasteiger partial charge in [0.2, 0.25) is 0 Å². The molecule has 1 aromatic heterocycles. The van der Waals surface area contributed by atoms with Crippen molar-refractivity contribution >= 4 is 0 Å². The van der Waals surface area contributed by atoms with Gasteiger partial charge in [-0.25, -0.2) is 14.5 Å². The molecule has 0 atom stereocenters. The van der Waals surface area contributed by atoms with Crippen molar-refractivity contribution in [2.24, 2.45) is 5.73 Å². The zero-order valence-corrected chi connectivity index (χ0v) is 12.1. The minimum atomic E-state index is -0.541. The molecule has 21 heavy (non-hydrogen) atoms. The summed E-state index contributed by atoms with van der Waals surface area (Å²) >= 11 is 0. The third kappa shape index (κ3) is 2.47. The number of aromatic nitrogens is 3. The molecule has 0 unspecified atom stereocenters. The molecule has 6 heteroatoms. The Hall–Kier alpha value is -2.08. The molecule has 1 saturated carbocycles. The molecule has 1 aliphatic carbocycles. The van der Waals surface area contributed by atoms with Gasteiger partial charge in [-0.1, -0.05) is 25.3 Å². The van der Waals surface area contributed by atoms with E-state index in [4.69, 9.17) is 10.5 Å². The summed E-state index contributed by atoms with van der Waals surface area (Å²) in [6, 6.07) is 7.36. The van der Waals surface area contributed by atoms with E-state index in [1.165, 1.54) is 6.42 Å². The van der Waals surface area contributed by atoms with Crippen molar-refractivity contribution in [1.82, 2.24) is 14.8 Å². The number of ether oxygens (including phenoxy) is 1. The minimum absolute atomic E-state index is 0.270. The zero-order valence-electron chi connectivity index (χ0n) is 12.1. The van der Waals surface area contributed by atoms with Crippen LogP contribution in [-0.4, -0.2) is 21.9 Å². The zero-order chi connectivity index (χ0) is 14.9. The minimum Gasteiger partial charge on any atom is -0.497 e. The molecule has 1 fully saturated rings. The van der Waals surface area contributed by atoms with E-state index >= 15 is 0 Å². The second-order valence-electron chi connectivity index (χ2n) is 5.61. The molecule has 3 N–H and O–H groups in total. The van der Waals surface area contributed by atoms with Gasteiger partial charge in [-0.15, -0.1) is 0 Å². The number of rotatable bonds is 3. The molecule has 1 heterocycles. The highest BCUT2D eigenvalue weighted by Gasteiger charge is 2.35. The quantitative estimate of drug-likeness (QED) is 0.900. The second-order valence-corrected chi connectivity index (χ2v) is 5.61. The van der Waals surface area contributed by atoms with Crippen LogP contribution in [0.25, 0.3) is 5.69 Å². The van der Waals surface area contributed by atoms with Crippen molar-refractivity contribution in [1.29, 1.82) is 0 Å². The van der Waals surface area contributed by atoms with Gasteiger partial charge in [0.1, 0.15) is 5.75 Å². The van der Waals surface area contributed by atoms with Crippen LogP contribution in [0.4, 0.5) is 0 Å². The van der Waals surface area contributed by atoms with E-state index in [0.717, 1.165) is 31.4 Å². The Kier molecular flexibility index (Phi) is 3.55. The van der Waals surface area contributed by atoms with Crippen LogP contribution in [0, 0.1) is 0 Å². The highest BCUT2D eigenvalue weighted by atomic mass is 16.5. The number of benzene rings is 1. The van der Waals surface area contributed by atoms with Crippen LogP contribution < -0.4 is 16.2 Å². The molecule has 2 aromatic rings. The molecule has 6 nitrogen and oxygen atoms in total. The van der Waals surface area contributed by atoms with E-state index in [-0.39, 0.29) is 5.69 Å². The van der Waals surface area contributed by atoms with Crippen LogP contribution in [-0.2, 0) is 5.54 Å². The fourth-order valence-corrected chi connectivity index (χ4v) is 3.03. The third-order valence-electron chi connectivity index (χ3n) is 4.17. The molecule has 0 saturated heterocycles. The van der Waals surface area contributed by atoms with Gasteiger partial charge in [0.15, 0.2) is 5.82 Å². The van der Waals surface area contributed by atoms with Gasteiger partial charge in [0.05, 0.1) is 18.3 Å². The normalized spacial score (nSPS) is 17.6. The maximum atomic E-state index is 12.2. The summed E-state index contributed by atoms with van der Waals surface area (Å²) in [6.07, 6.45) is 5.01. The van der Waals surface area contributed by atoms with E-state index in [1.54, 1.807) is 11.7 Å². The van der Waals surface area contributed by atoms with Crippen LogP contribution in [0.15, 0.2) is 29.1 Å². The first kappa shape index (κ1) is 13.9. The van der Waals surface area contributed by atoms with Crippen LogP contribution in [0.2, 0.25) is 0 Å². The molecule has 0 aliphatic heterocycles. The highest BCUT2D eigenvalue weighted by Crippen LogP contribution is 2.34. The molecular weight excluding hydrogens is 268 g/mol. The summed E-state index contributed by atoms with van der Waals surface area (Å²) in [5.74, 6) is 1.31. The number of nitrogens with two attached hydrogens (primary N) is 1. The summed E-state index contributed by atoms with van der Waals surface area (Å²) < 4.78 is 6.79. The topological polar surface area (TPSA) is 85.9 Å². The lowest BCUT2D eigenvalue weighted by atomic mass is 9.82. The van der Waals surface area contributed by atoms with Crippen LogP contribution in [0.1, 0.15) is 37.9 Å². The summed E-state index contributed by atoms with van der Waals surface area (Å²) in [4.78, 5) is 12.2. The number of nitrogens with zero attached hydrogens (tertiary/aromatic N) is 2. The lowest BCUT2D eigenvalue weighted by Crippen LogP contribution is -2.42. The van der Waals surface area contributed by atoms with E-state index < -0.39 is 5.54 Å². The maximum absolute atomic E-state index is 12.2. The van der Waals surface area contributed by atoms with Crippen molar-refractivity contribution in [3.63, 3.8) is 0 Å². The molecular formula is C15H20N4O2. The third-order valence-corrected chi connectivity index (χ3v) is 4.17. The van der Waals surface area contributed by atoms with Crippen LogP contribution >= 0.6 is 0 Å². The van der Waals surface area contributed by atoms with E-state index in [0.29, 0.717) is 11.6 Å². The number of H-pyrrole nitrogens is 1. The Bertz CT molecular complexity index is 683. The van der Waals surface area contributed by atoms with Gasteiger partial charge in [-0.05, 0) is 25.0 Å². The summed E-state index contributed by atoms with van der Waals surface area (Å²) in [7, 11) is 1.60. The lowest BCUT2D eigenvalue weighted by molar-refractivity contribution is 0.283. The molecule has 1 aromatic carbocycles. The van der Waals surface area contributed by atoms with Gasteiger partial charge in [-0.2, -0.15) is 5.10 Å². The van der Waals surface area contributed by atoms with Gasteiger partial charge >= 0.3 is 5.69 Å². The Balaban J connectivity index is 2.10. The highest BCUT2D eigenvalue weighted by molar-refractivity contribution is 5.40. The SMILES string of the molecule is COc1cccc(-n2c(C3(N)CCCCC3)n[nH]c2=O)c1. The number of methoxy groups -OCH3 is 1. The Morgan fingerprint density at radius 2 is 2.10 bits per heavy atom. The molecule has 0 amide bonds. The van der Waals surface area contributed by atoms with Crippen molar-refractivity contribution < 1.29 is 4.74 Å². The van der Waals surface area contributed by atoms with Gasteiger partial charge in [-0.3, -0.25) is 0 Å². The fraction of sp³-hybridized carbons (Fsp3) is 0.467. The van der Waals surface area contributed by atoms with E-state index in [2.05, 4.69) is 10.2 Å². The average Bonchev–Trinajstić information content (AvgIpc) is 2.90. The summed E-state index contributed by atoms with van der Waals surface area (Å²) in [5.41, 5.74) is 6.44. The Morgan fingerprint density at radius 1 is 1.33 bits per heavy atom. The summed E-state index contributed by atoms with van der Waals surface area (Å²) in [6.45, 7) is 0. The monoisotopic (exact) mass is 288 g/mol. The Labute approximate surface area is 122 Å². The number of hydrogen-bond acceptors (Lipinski definition) is 4. The van der Waals surface area contributed by atoms with Crippen molar-refractivity contribution in [3.05, 3.63) is 40.6 Å². The largest absolute Gasteiger partial charge is 0.497 e. The van der Waals surface area contributed by atoms with Crippen molar-refractivity contribution in [2.75, 3.05) is 7.11 Å². The molecule has 0 spiro atoms. The average molecular weight is 288 g/mol. The predicted molar refractivity (Wildman–Crippen MR) is 79.7 cm³/mol. The first-order valence-corrected chi connectivity index (χ1v) is 7.25. The van der Waals surface area contributed by atoms with Gasteiger partial charge in [0, 0.05) is 6.07 Å². The lowest BCUT2D eigenvalue weighted by Gasteiger charge is -2.32. The number of nitrogens with one attached hydrogen (secondary N) is 1. The van der Waals surface area contributed by atoms with Gasteiger partial charge in [0.25, 0.3) is 0 Å².